The van der Waals surface area contributed by atoms with E-state index in [1.807, 2.05) is 48.5 Å². The molecular formula is C41H55N5O5. The van der Waals surface area contributed by atoms with E-state index in [2.05, 4.69) is 32.6 Å². The highest BCUT2D eigenvalue weighted by molar-refractivity contribution is 5.93. The first-order valence-corrected chi connectivity index (χ1v) is 18.9. The first-order valence-electron chi connectivity index (χ1n) is 18.9. The Kier molecular flexibility index (Phi) is 13.5. The Balaban J connectivity index is 0.980. The van der Waals surface area contributed by atoms with Crippen molar-refractivity contribution in [3.05, 3.63) is 89.5 Å². The minimum atomic E-state index is -0.525. The summed E-state index contributed by atoms with van der Waals surface area (Å²) < 4.78 is 13.3. The van der Waals surface area contributed by atoms with Gasteiger partial charge in [-0.1, -0.05) is 61.4 Å². The van der Waals surface area contributed by atoms with Crippen molar-refractivity contribution in [2.24, 2.45) is 0 Å². The molecule has 2 amide bonds. The van der Waals surface area contributed by atoms with Crippen LogP contribution >= 0.6 is 0 Å². The number of para-hydroxylation sites is 2. The zero-order chi connectivity index (χ0) is 35.4. The van der Waals surface area contributed by atoms with Gasteiger partial charge in [0.05, 0.1) is 30.2 Å². The van der Waals surface area contributed by atoms with Crippen molar-refractivity contribution in [1.29, 1.82) is 0 Å². The standard InChI is InChI=1S/C41H55N5O5/c42-36-11-5-6-12-37(36)44-40(49)14-4-2-1-3-13-39(48)43-33-21-19-32(20-22-33)41-50-35(26-38(51-41)31-17-15-30(29-47)16-18-31)28-46-25-9-10-34(46)27-45-23-7-8-24-45/h5-6,11-12,15-22,34-35,38,41,47H,1-4,7-10,13-14,23-29,42H2,(H,43,48)(H,44,49). The van der Waals surface area contributed by atoms with Crippen LogP contribution in [0.1, 0.15) is 99.7 Å². The average molecular weight is 698 g/mol. The van der Waals surface area contributed by atoms with Crippen molar-refractivity contribution in [2.75, 3.05) is 49.1 Å². The van der Waals surface area contributed by atoms with E-state index >= 15 is 0 Å². The van der Waals surface area contributed by atoms with Crippen LogP contribution in [0.3, 0.4) is 0 Å². The van der Waals surface area contributed by atoms with E-state index in [1.165, 1.54) is 38.8 Å². The number of hydrogen-bond donors (Lipinski definition) is 4. The third-order valence-electron chi connectivity index (χ3n) is 10.5. The lowest BCUT2D eigenvalue weighted by Crippen LogP contribution is -2.45. The maximum absolute atomic E-state index is 12.7. The molecule has 3 fully saturated rings. The smallest absolute Gasteiger partial charge is 0.224 e. The summed E-state index contributed by atoms with van der Waals surface area (Å²) >= 11 is 0. The maximum Gasteiger partial charge on any atom is 0.224 e. The van der Waals surface area contributed by atoms with E-state index in [0.717, 1.165) is 74.1 Å². The second-order valence-electron chi connectivity index (χ2n) is 14.4. The van der Waals surface area contributed by atoms with Crippen molar-refractivity contribution < 1.29 is 24.2 Å². The summed E-state index contributed by atoms with van der Waals surface area (Å²) in [6.45, 7) is 5.59. The number of hydrogen-bond acceptors (Lipinski definition) is 8. The van der Waals surface area contributed by atoms with Crippen LogP contribution in [0.2, 0.25) is 0 Å². The fraction of sp³-hybridized carbons (Fsp3) is 0.512. The maximum atomic E-state index is 12.7. The number of likely N-dealkylation sites (tertiary alicyclic amines) is 2. The van der Waals surface area contributed by atoms with Crippen LogP contribution in [-0.4, -0.2) is 71.6 Å². The number of nitrogen functional groups attached to an aromatic ring is 1. The Morgan fingerprint density at radius 2 is 1.45 bits per heavy atom. The summed E-state index contributed by atoms with van der Waals surface area (Å²) in [5.74, 6) is -0.0697. The summed E-state index contributed by atoms with van der Waals surface area (Å²) in [5, 5.41) is 15.5. The lowest BCUT2D eigenvalue weighted by molar-refractivity contribution is -0.253. The van der Waals surface area contributed by atoms with Gasteiger partial charge in [-0.15, -0.1) is 0 Å². The summed E-state index contributed by atoms with van der Waals surface area (Å²) in [7, 11) is 0. The third-order valence-corrected chi connectivity index (χ3v) is 10.5. The molecule has 3 aliphatic rings. The van der Waals surface area contributed by atoms with Gasteiger partial charge in [0.15, 0.2) is 6.29 Å². The molecule has 0 spiro atoms. The summed E-state index contributed by atoms with van der Waals surface area (Å²) in [4.78, 5) is 30.2. The molecule has 3 aromatic carbocycles. The molecule has 0 aromatic heterocycles. The van der Waals surface area contributed by atoms with E-state index in [4.69, 9.17) is 15.2 Å². The Hall–Kier alpha value is -3.80. The zero-order valence-electron chi connectivity index (χ0n) is 29.8. The zero-order valence-corrected chi connectivity index (χ0v) is 29.8. The molecule has 0 saturated carbocycles. The highest BCUT2D eigenvalue weighted by Crippen LogP contribution is 2.39. The Morgan fingerprint density at radius 3 is 2.16 bits per heavy atom. The minimum Gasteiger partial charge on any atom is -0.397 e. The van der Waals surface area contributed by atoms with E-state index in [1.54, 1.807) is 12.1 Å². The van der Waals surface area contributed by atoms with Crippen LogP contribution < -0.4 is 16.4 Å². The van der Waals surface area contributed by atoms with Gasteiger partial charge in [0, 0.05) is 49.6 Å². The largest absolute Gasteiger partial charge is 0.397 e. The van der Waals surface area contributed by atoms with Crippen molar-refractivity contribution >= 4 is 28.9 Å². The number of anilines is 3. The van der Waals surface area contributed by atoms with Gasteiger partial charge in [-0.2, -0.15) is 0 Å². The summed E-state index contributed by atoms with van der Waals surface area (Å²) in [6.07, 6.45) is 9.37. The minimum absolute atomic E-state index is 0.0156. The topological polar surface area (TPSA) is 129 Å². The first-order chi connectivity index (χ1) is 24.9. The average Bonchev–Trinajstić information content (AvgIpc) is 3.83. The number of carbonyl (C=O) groups excluding carboxylic acids is 2. The number of nitrogens with one attached hydrogen (secondary N) is 2. The number of rotatable bonds is 16. The predicted octanol–water partition coefficient (Wildman–Crippen LogP) is 6.78. The molecular weight excluding hydrogens is 642 g/mol. The number of aliphatic hydroxyl groups excluding tert-OH is 1. The molecule has 4 unspecified atom stereocenters. The van der Waals surface area contributed by atoms with Gasteiger partial charge < -0.3 is 35.8 Å². The van der Waals surface area contributed by atoms with Crippen LogP contribution in [0, 0.1) is 0 Å². The molecule has 3 aliphatic heterocycles. The van der Waals surface area contributed by atoms with Gasteiger partial charge in [-0.25, -0.2) is 0 Å². The third kappa shape index (κ3) is 10.9. The number of nitrogens with two attached hydrogens (primary N) is 1. The van der Waals surface area contributed by atoms with Crippen molar-refractivity contribution in [2.45, 2.75) is 102 Å². The number of ether oxygens (including phenoxy) is 2. The fourth-order valence-electron chi connectivity index (χ4n) is 7.60. The molecule has 10 heteroatoms. The van der Waals surface area contributed by atoms with Gasteiger partial charge in [0.1, 0.15) is 0 Å². The lowest BCUT2D eigenvalue weighted by Gasteiger charge is -2.39. The normalized spacial score (nSPS) is 22.6. The van der Waals surface area contributed by atoms with Crippen LogP contribution in [0.4, 0.5) is 17.1 Å². The monoisotopic (exact) mass is 697 g/mol. The number of nitrogens with zero attached hydrogens (tertiary/aromatic N) is 2. The molecule has 3 saturated heterocycles. The number of aliphatic hydroxyl groups is 1. The molecule has 10 nitrogen and oxygen atoms in total. The van der Waals surface area contributed by atoms with Gasteiger partial charge >= 0.3 is 0 Å². The van der Waals surface area contributed by atoms with Crippen LogP contribution in [0.5, 0.6) is 0 Å². The second kappa shape index (κ2) is 18.6. The lowest BCUT2D eigenvalue weighted by atomic mass is 9.99. The SMILES string of the molecule is Nc1ccccc1NC(=O)CCCCCCC(=O)Nc1ccc(C2OC(CN3CCCC3CN3CCCC3)CC(c3ccc(CO)cc3)O2)cc1. The fourth-order valence-corrected chi connectivity index (χ4v) is 7.60. The molecule has 274 valence electrons. The number of unbranched alkanes of at least 4 members (excludes halogenated alkanes) is 3. The summed E-state index contributed by atoms with van der Waals surface area (Å²) in [5.41, 5.74) is 10.7. The van der Waals surface area contributed by atoms with Gasteiger partial charge in [-0.05, 0) is 93.6 Å². The Morgan fingerprint density at radius 1 is 0.765 bits per heavy atom. The molecule has 51 heavy (non-hydrogen) atoms. The quantitative estimate of drug-likeness (QED) is 0.0953. The molecule has 6 rings (SSSR count). The van der Waals surface area contributed by atoms with Crippen molar-refractivity contribution in [3.8, 4) is 0 Å². The van der Waals surface area contributed by atoms with Crippen LogP contribution in [0.15, 0.2) is 72.8 Å². The van der Waals surface area contributed by atoms with Gasteiger partial charge in [0.2, 0.25) is 11.8 Å². The van der Waals surface area contributed by atoms with Crippen molar-refractivity contribution in [1.82, 2.24) is 9.80 Å². The Bertz CT molecular complexity index is 1540. The molecule has 0 aliphatic carbocycles. The molecule has 5 N–H and O–H groups in total. The van der Waals surface area contributed by atoms with E-state index in [0.29, 0.717) is 30.3 Å². The second-order valence-corrected chi connectivity index (χ2v) is 14.4. The molecule has 4 atom stereocenters. The van der Waals surface area contributed by atoms with Gasteiger partial charge in [0.25, 0.3) is 0 Å². The molecule has 0 radical (unpaired) electrons. The number of benzene rings is 3. The molecule has 3 heterocycles. The van der Waals surface area contributed by atoms with Crippen molar-refractivity contribution in [3.63, 3.8) is 0 Å². The molecule has 0 bridgehead atoms. The molecule has 3 aromatic rings. The first kappa shape index (κ1) is 37.0. The van der Waals surface area contributed by atoms with Crippen LogP contribution in [0.25, 0.3) is 0 Å². The summed E-state index contributed by atoms with van der Waals surface area (Å²) in [6, 6.07) is 23.6. The Labute approximate surface area is 302 Å². The van der Waals surface area contributed by atoms with E-state index < -0.39 is 6.29 Å². The highest BCUT2D eigenvalue weighted by Gasteiger charge is 2.36. The van der Waals surface area contributed by atoms with Crippen LogP contribution in [-0.2, 0) is 25.7 Å². The van der Waals surface area contributed by atoms with E-state index in [9.17, 15) is 14.7 Å². The number of carbonyl (C=O) groups is 2. The van der Waals surface area contributed by atoms with E-state index in [-0.39, 0.29) is 30.6 Å². The van der Waals surface area contributed by atoms with Gasteiger partial charge in [-0.3, -0.25) is 14.5 Å². The highest BCUT2D eigenvalue weighted by atomic mass is 16.7. The predicted molar refractivity (Wildman–Crippen MR) is 201 cm³/mol. The number of amides is 2.